The lowest BCUT2D eigenvalue weighted by Gasteiger charge is -2.11. The van der Waals surface area contributed by atoms with Gasteiger partial charge in [0.15, 0.2) is 0 Å². The van der Waals surface area contributed by atoms with E-state index in [0.717, 1.165) is 0 Å². The molecule has 1 aromatic rings. The smallest absolute Gasteiger partial charge is 0.326 e. The number of aliphatic carboxylic acids is 1. The van der Waals surface area contributed by atoms with Gasteiger partial charge in [-0.1, -0.05) is 13.3 Å². The third-order valence-electron chi connectivity index (χ3n) is 2.72. The molecule has 0 bridgehead atoms. The Balaban J connectivity index is 2.64. The van der Waals surface area contributed by atoms with E-state index < -0.39 is 22.8 Å². The fourth-order valence-corrected chi connectivity index (χ4v) is 1.64. The molecule has 0 aliphatic carbocycles. The summed E-state index contributed by atoms with van der Waals surface area (Å²) in [6.07, 6.45) is 3.66. The number of carboxylic acids is 1. The fraction of sp³-hybridized carbons (Fsp3) is 0.286. The van der Waals surface area contributed by atoms with Gasteiger partial charge in [-0.3, -0.25) is 14.9 Å². The van der Waals surface area contributed by atoms with E-state index in [1.165, 1.54) is 36.4 Å². The maximum absolute atomic E-state index is 11.6. The molecule has 1 atom stereocenters. The van der Waals surface area contributed by atoms with Gasteiger partial charge >= 0.3 is 5.97 Å². The number of hydrogen-bond donors (Lipinski definition) is 2. The van der Waals surface area contributed by atoms with Crippen LogP contribution in [0.15, 0.2) is 30.3 Å². The Morgan fingerprint density at radius 1 is 1.38 bits per heavy atom. The average molecular weight is 292 g/mol. The first-order chi connectivity index (χ1) is 9.93. The molecule has 21 heavy (non-hydrogen) atoms. The van der Waals surface area contributed by atoms with Crippen LogP contribution < -0.4 is 5.32 Å². The van der Waals surface area contributed by atoms with E-state index in [0.29, 0.717) is 18.4 Å². The summed E-state index contributed by atoms with van der Waals surface area (Å²) in [5.41, 5.74) is 0.573. The number of nitro groups is 1. The first kappa shape index (κ1) is 16.4. The average Bonchev–Trinajstić information content (AvgIpc) is 2.45. The van der Waals surface area contributed by atoms with Crippen molar-refractivity contribution >= 4 is 23.6 Å². The monoisotopic (exact) mass is 292 g/mol. The molecule has 112 valence electrons. The zero-order chi connectivity index (χ0) is 15.8. The number of nitro benzene ring substituents is 1. The Hall–Kier alpha value is -2.70. The van der Waals surface area contributed by atoms with Crippen LogP contribution in [-0.4, -0.2) is 27.9 Å². The zero-order valence-corrected chi connectivity index (χ0v) is 11.5. The topological polar surface area (TPSA) is 110 Å². The van der Waals surface area contributed by atoms with Gasteiger partial charge in [-0.25, -0.2) is 4.79 Å². The van der Waals surface area contributed by atoms with E-state index in [1.807, 2.05) is 6.92 Å². The van der Waals surface area contributed by atoms with Crippen molar-refractivity contribution in [2.24, 2.45) is 0 Å². The Labute approximate surface area is 121 Å². The van der Waals surface area contributed by atoms with Crippen molar-refractivity contribution in [3.63, 3.8) is 0 Å². The SMILES string of the molecule is CCC[C@H](NC(=O)/C=C/c1ccc([N+](=O)[O-])cc1)C(=O)O. The lowest BCUT2D eigenvalue weighted by atomic mass is 10.1. The van der Waals surface area contributed by atoms with Crippen LogP contribution in [0.5, 0.6) is 0 Å². The molecule has 0 spiro atoms. The Kier molecular flexibility index (Phi) is 6.06. The lowest BCUT2D eigenvalue weighted by Crippen LogP contribution is -2.39. The Morgan fingerprint density at radius 3 is 2.48 bits per heavy atom. The van der Waals surface area contributed by atoms with Gasteiger partial charge in [0.1, 0.15) is 6.04 Å². The number of benzene rings is 1. The van der Waals surface area contributed by atoms with E-state index in [-0.39, 0.29) is 5.69 Å². The van der Waals surface area contributed by atoms with E-state index in [2.05, 4.69) is 5.32 Å². The summed E-state index contributed by atoms with van der Waals surface area (Å²) in [6.45, 7) is 1.83. The molecule has 1 rings (SSSR count). The number of nitrogens with one attached hydrogen (secondary N) is 1. The van der Waals surface area contributed by atoms with Crippen LogP contribution in [0.2, 0.25) is 0 Å². The summed E-state index contributed by atoms with van der Waals surface area (Å²) in [6, 6.07) is 4.75. The van der Waals surface area contributed by atoms with Crippen LogP contribution in [0.3, 0.4) is 0 Å². The summed E-state index contributed by atoms with van der Waals surface area (Å²) in [5, 5.41) is 21.8. The van der Waals surface area contributed by atoms with Gasteiger partial charge in [0.05, 0.1) is 4.92 Å². The van der Waals surface area contributed by atoms with Crippen molar-refractivity contribution in [2.45, 2.75) is 25.8 Å². The highest BCUT2D eigenvalue weighted by atomic mass is 16.6. The molecule has 0 unspecified atom stereocenters. The van der Waals surface area contributed by atoms with E-state index >= 15 is 0 Å². The largest absolute Gasteiger partial charge is 0.480 e. The van der Waals surface area contributed by atoms with Crippen LogP contribution in [0.25, 0.3) is 6.08 Å². The maximum atomic E-state index is 11.6. The quantitative estimate of drug-likeness (QED) is 0.453. The number of rotatable bonds is 7. The number of hydrogen-bond acceptors (Lipinski definition) is 4. The highest BCUT2D eigenvalue weighted by Crippen LogP contribution is 2.12. The summed E-state index contributed by atoms with van der Waals surface area (Å²) >= 11 is 0. The number of carbonyl (C=O) groups is 2. The van der Waals surface area contributed by atoms with Crippen molar-refractivity contribution in [1.29, 1.82) is 0 Å². The molecule has 1 aromatic carbocycles. The molecule has 0 heterocycles. The molecular formula is C14H16N2O5. The second kappa shape index (κ2) is 7.78. The standard InChI is InChI=1S/C14H16N2O5/c1-2-3-12(14(18)19)15-13(17)9-6-10-4-7-11(8-5-10)16(20)21/h4-9,12H,2-3H2,1H3,(H,15,17)(H,18,19)/b9-6+/t12-/m0/s1. The summed E-state index contributed by atoms with van der Waals surface area (Å²) in [5.74, 6) is -1.59. The van der Waals surface area contributed by atoms with Crippen LogP contribution in [-0.2, 0) is 9.59 Å². The highest BCUT2D eigenvalue weighted by molar-refractivity contribution is 5.94. The van der Waals surface area contributed by atoms with Crippen LogP contribution in [0, 0.1) is 10.1 Å². The molecule has 0 aliphatic rings. The van der Waals surface area contributed by atoms with Crippen LogP contribution in [0.1, 0.15) is 25.3 Å². The molecule has 0 aromatic heterocycles. The molecular weight excluding hydrogens is 276 g/mol. The molecule has 1 amide bonds. The minimum Gasteiger partial charge on any atom is -0.480 e. The summed E-state index contributed by atoms with van der Waals surface area (Å²) in [7, 11) is 0. The van der Waals surface area contributed by atoms with Crippen molar-refractivity contribution in [3.05, 3.63) is 46.0 Å². The zero-order valence-electron chi connectivity index (χ0n) is 11.5. The molecule has 0 saturated heterocycles. The van der Waals surface area contributed by atoms with Crippen molar-refractivity contribution in [1.82, 2.24) is 5.32 Å². The fourth-order valence-electron chi connectivity index (χ4n) is 1.64. The van der Waals surface area contributed by atoms with Crippen molar-refractivity contribution in [3.8, 4) is 0 Å². The van der Waals surface area contributed by atoms with Gasteiger partial charge in [-0.2, -0.15) is 0 Å². The predicted molar refractivity (Wildman–Crippen MR) is 76.6 cm³/mol. The molecule has 2 N–H and O–H groups in total. The lowest BCUT2D eigenvalue weighted by molar-refractivity contribution is -0.384. The summed E-state index contributed by atoms with van der Waals surface area (Å²) in [4.78, 5) is 32.5. The molecule has 7 heteroatoms. The minimum absolute atomic E-state index is 0.0366. The van der Waals surface area contributed by atoms with E-state index in [1.54, 1.807) is 0 Å². The predicted octanol–water partition coefficient (Wildman–Crippen LogP) is 1.98. The van der Waals surface area contributed by atoms with Gasteiger partial charge in [0.2, 0.25) is 5.91 Å². The number of amides is 1. The van der Waals surface area contributed by atoms with Crippen molar-refractivity contribution in [2.75, 3.05) is 0 Å². The third kappa shape index (κ3) is 5.43. The highest BCUT2D eigenvalue weighted by Gasteiger charge is 2.17. The second-order valence-corrected chi connectivity index (χ2v) is 4.37. The second-order valence-electron chi connectivity index (χ2n) is 4.37. The van der Waals surface area contributed by atoms with Gasteiger partial charge in [0, 0.05) is 18.2 Å². The van der Waals surface area contributed by atoms with Gasteiger partial charge in [0.25, 0.3) is 5.69 Å². The molecule has 0 fully saturated rings. The number of nitrogens with zero attached hydrogens (tertiary/aromatic N) is 1. The molecule has 0 aliphatic heterocycles. The van der Waals surface area contributed by atoms with Gasteiger partial charge < -0.3 is 10.4 Å². The third-order valence-corrected chi connectivity index (χ3v) is 2.72. The molecule has 0 radical (unpaired) electrons. The van der Waals surface area contributed by atoms with Crippen LogP contribution >= 0.6 is 0 Å². The Bertz CT molecular complexity index is 551. The minimum atomic E-state index is -1.08. The molecule has 7 nitrogen and oxygen atoms in total. The number of carboxylic acid groups (broad SMARTS) is 1. The van der Waals surface area contributed by atoms with E-state index in [9.17, 15) is 19.7 Å². The normalized spacial score (nSPS) is 12.0. The number of carbonyl (C=O) groups excluding carboxylic acids is 1. The van der Waals surface area contributed by atoms with Crippen molar-refractivity contribution < 1.29 is 19.6 Å². The first-order valence-corrected chi connectivity index (χ1v) is 6.40. The maximum Gasteiger partial charge on any atom is 0.326 e. The van der Waals surface area contributed by atoms with E-state index in [4.69, 9.17) is 5.11 Å². The molecule has 0 saturated carbocycles. The Morgan fingerprint density at radius 2 is 2.00 bits per heavy atom. The first-order valence-electron chi connectivity index (χ1n) is 6.40. The van der Waals surface area contributed by atoms with Gasteiger partial charge in [-0.05, 0) is 30.2 Å². The summed E-state index contributed by atoms with van der Waals surface area (Å²) < 4.78 is 0. The van der Waals surface area contributed by atoms with Crippen LogP contribution in [0.4, 0.5) is 5.69 Å². The number of non-ortho nitro benzene ring substituents is 1. The van der Waals surface area contributed by atoms with Gasteiger partial charge in [-0.15, -0.1) is 0 Å².